The van der Waals surface area contributed by atoms with Gasteiger partial charge >= 0.3 is 17.1 Å². The van der Waals surface area contributed by atoms with Crippen LogP contribution in [0.4, 0.5) is 0 Å². The molecule has 0 spiro atoms. The van der Waals surface area contributed by atoms with Gasteiger partial charge in [0.2, 0.25) is 0 Å². The van der Waals surface area contributed by atoms with Crippen molar-refractivity contribution in [3.8, 4) is 0 Å². The number of ether oxygens (including phenoxy) is 4. The van der Waals surface area contributed by atoms with Crippen LogP contribution < -0.4 is 0 Å². The van der Waals surface area contributed by atoms with Crippen molar-refractivity contribution in [2.75, 3.05) is 52.9 Å². The Bertz CT molecular complexity index is 64.5. The summed E-state index contributed by atoms with van der Waals surface area (Å²) in [4.78, 5) is 0. The van der Waals surface area contributed by atoms with Crippen molar-refractivity contribution in [2.24, 2.45) is 0 Å². The first kappa shape index (κ1) is 30.3. The summed E-state index contributed by atoms with van der Waals surface area (Å²) in [5.74, 6) is 0. The number of hydrogen-bond donors (Lipinski definition) is 0. The van der Waals surface area contributed by atoms with Crippen LogP contribution in [0.15, 0.2) is 0 Å². The molecule has 2 heterocycles. The summed E-state index contributed by atoms with van der Waals surface area (Å²) in [5.41, 5.74) is 0. The largest absolute Gasteiger partial charge is 2.00 e. The van der Waals surface area contributed by atoms with Crippen LogP contribution in [0.1, 0.15) is 0 Å². The van der Waals surface area contributed by atoms with Gasteiger partial charge in [-0.3, -0.25) is 0 Å². The average Bonchev–Trinajstić information content (AvgIpc) is 2.24. The van der Waals surface area contributed by atoms with Gasteiger partial charge in [0, 0.05) is 0 Å². The third-order valence-corrected chi connectivity index (χ3v) is 1.57. The van der Waals surface area contributed by atoms with E-state index < -0.39 is 0 Å². The minimum absolute atomic E-state index is 0. The van der Waals surface area contributed by atoms with Crippen LogP contribution in [-0.2, 0) is 26.5 Å². The predicted molar refractivity (Wildman–Crippen MR) is 55.0 cm³/mol. The van der Waals surface area contributed by atoms with Gasteiger partial charge in [-0.1, -0.05) is 0 Å². The SMILES string of the molecule is C1C[OH+]CCO1.C1C[OH+]CCO1.O.[Mn+2].[OH-].[OH-].[OH-]. The van der Waals surface area contributed by atoms with E-state index in [9.17, 15) is 0 Å². The zero-order valence-electron chi connectivity index (χ0n) is 9.59. The Morgan fingerprint density at radius 2 is 0.824 bits per heavy atom. The van der Waals surface area contributed by atoms with Gasteiger partial charge in [0.25, 0.3) is 0 Å². The summed E-state index contributed by atoms with van der Waals surface area (Å²) in [6.45, 7) is 6.94. The summed E-state index contributed by atoms with van der Waals surface area (Å²) >= 11 is 0. The fourth-order valence-corrected chi connectivity index (χ4v) is 0.944. The minimum atomic E-state index is 0. The van der Waals surface area contributed by atoms with E-state index in [0.29, 0.717) is 0 Å². The zero-order chi connectivity index (χ0) is 8.49. The molecule has 109 valence electrons. The topological polar surface area (TPSA) is 166 Å². The third kappa shape index (κ3) is 21.9. The summed E-state index contributed by atoms with van der Waals surface area (Å²) in [6, 6.07) is 0. The smallest absolute Gasteiger partial charge is 0.870 e. The normalized spacial score (nSPS) is 16.9. The molecule has 8 nitrogen and oxygen atoms in total. The first-order valence-corrected chi connectivity index (χ1v) is 4.42. The molecular formula is C8H23MnO8+. The van der Waals surface area contributed by atoms with Gasteiger partial charge in [-0.05, 0) is 0 Å². The second-order valence-corrected chi connectivity index (χ2v) is 2.57. The molecule has 0 aromatic heterocycles. The molecule has 0 bridgehead atoms. The van der Waals surface area contributed by atoms with Crippen molar-refractivity contribution in [3.05, 3.63) is 0 Å². The molecule has 2 aliphatic rings. The molecule has 17 heavy (non-hydrogen) atoms. The van der Waals surface area contributed by atoms with Crippen LogP contribution >= 0.6 is 0 Å². The summed E-state index contributed by atoms with van der Waals surface area (Å²) in [5, 5.41) is 0. The molecule has 7 N–H and O–H groups in total. The monoisotopic (exact) mass is 302 g/mol. The molecular weight excluding hydrogens is 279 g/mol. The Morgan fingerprint density at radius 3 is 0.882 bits per heavy atom. The number of rotatable bonds is 0. The summed E-state index contributed by atoms with van der Waals surface area (Å²) < 4.78 is 18.1. The third-order valence-electron chi connectivity index (χ3n) is 1.57. The Kier molecular flexibility index (Phi) is 44.9. The van der Waals surface area contributed by atoms with Crippen LogP contribution in [-0.4, -0.2) is 84.2 Å². The first-order chi connectivity index (χ1) is 6.00. The maximum Gasteiger partial charge on any atom is 2.00 e. The second-order valence-electron chi connectivity index (χ2n) is 2.57. The van der Waals surface area contributed by atoms with Crippen molar-refractivity contribution in [3.63, 3.8) is 0 Å². The molecule has 0 saturated carbocycles. The van der Waals surface area contributed by atoms with E-state index in [1.807, 2.05) is 0 Å². The Hall–Kier alpha value is 0.199. The maximum absolute atomic E-state index is 4.98. The Morgan fingerprint density at radius 1 is 0.588 bits per heavy atom. The van der Waals surface area contributed by atoms with Gasteiger partial charge in [-0.15, -0.1) is 0 Å². The summed E-state index contributed by atoms with van der Waals surface area (Å²) in [6.07, 6.45) is 0. The standard InChI is InChI=1S/2C4H8O2.Mn.4H2O/c2*1-2-6-4-3-5-1;;;;;/h2*1-4H2;;4*1H2/q;;+2;;;;/p-1. The van der Waals surface area contributed by atoms with Gasteiger partial charge < -0.3 is 40.9 Å². The van der Waals surface area contributed by atoms with E-state index in [1.54, 1.807) is 0 Å². The van der Waals surface area contributed by atoms with Crippen molar-refractivity contribution in [1.29, 1.82) is 0 Å². The molecule has 0 unspecified atom stereocenters. The van der Waals surface area contributed by atoms with Crippen molar-refractivity contribution in [1.82, 2.24) is 0 Å². The molecule has 0 atom stereocenters. The molecule has 2 fully saturated rings. The molecule has 0 amide bonds. The zero-order valence-corrected chi connectivity index (χ0v) is 10.8. The van der Waals surface area contributed by atoms with Gasteiger partial charge in [0.15, 0.2) is 26.4 Å². The van der Waals surface area contributed by atoms with Crippen LogP contribution in [0.5, 0.6) is 0 Å². The first-order valence-electron chi connectivity index (χ1n) is 4.42. The molecule has 0 aromatic carbocycles. The molecule has 2 aliphatic heterocycles. The molecule has 9 heteroatoms. The minimum Gasteiger partial charge on any atom is -0.870 e. The van der Waals surface area contributed by atoms with Crippen LogP contribution in [0, 0.1) is 0 Å². The fraction of sp³-hybridized carbons (Fsp3) is 1.00. The van der Waals surface area contributed by atoms with Gasteiger partial charge in [-0.2, -0.15) is 0 Å². The van der Waals surface area contributed by atoms with E-state index in [0.717, 1.165) is 52.9 Å². The van der Waals surface area contributed by atoms with Crippen molar-refractivity contribution >= 4 is 0 Å². The van der Waals surface area contributed by atoms with Crippen LogP contribution in [0.2, 0.25) is 0 Å². The van der Waals surface area contributed by atoms with Crippen molar-refractivity contribution in [2.45, 2.75) is 0 Å². The molecule has 0 aliphatic carbocycles. The number of hydrogen-bond acceptors (Lipinski definition) is 5. The second kappa shape index (κ2) is 25.1. The number of aliphatic hydroxyl groups is 4. The summed E-state index contributed by atoms with van der Waals surface area (Å²) in [7, 11) is 0. The van der Waals surface area contributed by atoms with Gasteiger partial charge in [-0.25, -0.2) is 0 Å². The molecule has 2 saturated heterocycles. The van der Waals surface area contributed by atoms with E-state index in [-0.39, 0.29) is 39.0 Å². The van der Waals surface area contributed by atoms with E-state index in [4.69, 9.17) is 9.47 Å². The molecule has 2 rings (SSSR count). The van der Waals surface area contributed by atoms with E-state index >= 15 is 0 Å². The molecule has 1 radical (unpaired) electrons. The Labute approximate surface area is 111 Å². The van der Waals surface area contributed by atoms with Crippen LogP contribution in [0.25, 0.3) is 0 Å². The van der Waals surface area contributed by atoms with Gasteiger partial charge in [0.05, 0.1) is 0 Å². The average molecular weight is 302 g/mol. The van der Waals surface area contributed by atoms with Crippen LogP contribution in [0.3, 0.4) is 0 Å². The quantitative estimate of drug-likeness (QED) is 0.363. The van der Waals surface area contributed by atoms with E-state index in [1.165, 1.54) is 0 Å². The fourth-order valence-electron chi connectivity index (χ4n) is 0.944. The van der Waals surface area contributed by atoms with E-state index in [2.05, 4.69) is 9.47 Å². The maximum atomic E-state index is 4.98. The molecule has 0 aromatic rings. The predicted octanol–water partition coefficient (Wildman–Crippen LogP) is -2.27. The van der Waals surface area contributed by atoms with Gasteiger partial charge in [0.1, 0.15) is 26.4 Å². The van der Waals surface area contributed by atoms with Crippen molar-refractivity contribution < 1.29 is 57.9 Å². The Balaban J connectivity index is -0.0000000436.